The van der Waals surface area contributed by atoms with Gasteiger partial charge in [0.2, 0.25) is 11.8 Å². The highest BCUT2D eigenvalue weighted by Gasteiger charge is 2.60. The van der Waals surface area contributed by atoms with E-state index in [0.717, 1.165) is 22.6 Å². The summed E-state index contributed by atoms with van der Waals surface area (Å²) >= 11 is 0. The van der Waals surface area contributed by atoms with Crippen LogP contribution in [0.5, 0.6) is 0 Å². The number of carbonyl (C=O) groups is 3. The number of fused-ring (bicyclic) bond motifs is 1. The summed E-state index contributed by atoms with van der Waals surface area (Å²) in [5.74, 6) is -3.50. The van der Waals surface area contributed by atoms with Crippen molar-refractivity contribution in [3.8, 4) is 6.07 Å². The number of amides is 3. The second kappa shape index (κ2) is 8.27. The molecule has 7 nitrogen and oxygen atoms in total. The molecule has 35 heavy (non-hydrogen) atoms. The molecule has 0 saturated carbocycles. The minimum atomic E-state index is -4.83. The second-order valence-corrected chi connectivity index (χ2v) is 8.63. The summed E-state index contributed by atoms with van der Waals surface area (Å²) < 4.78 is 45.8. The van der Waals surface area contributed by atoms with Crippen LogP contribution in [-0.4, -0.2) is 35.4 Å². The number of benzene rings is 2. The second-order valence-electron chi connectivity index (χ2n) is 8.63. The number of halogens is 3. The monoisotopic (exact) mass is 481 g/mol. The molecular weight excluding hydrogens is 463 g/mol. The maximum absolute atomic E-state index is 13.5. The van der Waals surface area contributed by atoms with Gasteiger partial charge in [0.15, 0.2) is 0 Å². The van der Waals surface area contributed by atoms with Gasteiger partial charge in [0.05, 0.1) is 40.8 Å². The molecule has 0 unspecified atom stereocenters. The Hall–Kier alpha value is -4.13. The van der Waals surface area contributed by atoms with Gasteiger partial charge in [0.25, 0.3) is 0 Å². The molecule has 1 aliphatic carbocycles. The number of hydrogen-bond acceptors (Lipinski definition) is 5. The van der Waals surface area contributed by atoms with Crippen LogP contribution in [0.3, 0.4) is 0 Å². The van der Waals surface area contributed by atoms with Crippen LogP contribution in [0.25, 0.3) is 0 Å². The third-order valence-corrected chi connectivity index (χ3v) is 6.68. The standard InChI is InChI=1S/C25H18F3N3O4/c26-25(27,28)18-10-17(8-6-15(18)11-29)31-22(32)20-16-7-9-19(21(20)23(31)33)30(12-16)24(34)35-13-14-4-2-1-3-5-14/h1-10,16,19-21H,12-13H2/t16-,19-,20-,21+/m0/s1. The minimum Gasteiger partial charge on any atom is -0.445 e. The van der Waals surface area contributed by atoms with Gasteiger partial charge in [0.1, 0.15) is 6.61 Å². The predicted octanol–water partition coefficient (Wildman–Crippen LogP) is 3.89. The lowest BCUT2D eigenvalue weighted by Gasteiger charge is -2.45. The van der Waals surface area contributed by atoms with Crippen LogP contribution < -0.4 is 4.90 Å². The van der Waals surface area contributed by atoms with Crippen LogP contribution in [0, 0.1) is 29.1 Å². The molecule has 2 aromatic rings. The maximum atomic E-state index is 13.5. The Morgan fingerprint density at radius 1 is 1.06 bits per heavy atom. The zero-order chi connectivity index (χ0) is 24.9. The summed E-state index contributed by atoms with van der Waals surface area (Å²) in [6, 6.07) is 12.5. The minimum absolute atomic E-state index is 0.0375. The van der Waals surface area contributed by atoms with Crippen molar-refractivity contribution >= 4 is 23.6 Å². The van der Waals surface area contributed by atoms with E-state index >= 15 is 0 Å². The number of imide groups is 1. The molecule has 3 heterocycles. The van der Waals surface area contributed by atoms with Crippen LogP contribution in [0.4, 0.5) is 23.7 Å². The summed E-state index contributed by atoms with van der Waals surface area (Å²) in [6.45, 7) is 0.194. The largest absolute Gasteiger partial charge is 0.445 e. The van der Waals surface area contributed by atoms with Crippen LogP contribution in [0.15, 0.2) is 60.7 Å². The molecular formula is C25H18F3N3O4. The molecule has 178 valence electrons. The molecule has 2 aromatic carbocycles. The Morgan fingerprint density at radius 2 is 1.77 bits per heavy atom. The van der Waals surface area contributed by atoms with Crippen LogP contribution in [0.1, 0.15) is 16.7 Å². The number of rotatable bonds is 3. The topological polar surface area (TPSA) is 90.7 Å². The number of piperidine rings is 1. The Kier molecular flexibility index (Phi) is 5.35. The molecule has 0 spiro atoms. The molecule has 6 rings (SSSR count). The van der Waals surface area contributed by atoms with Crippen LogP contribution in [-0.2, 0) is 27.1 Å². The van der Waals surface area contributed by atoms with Gasteiger partial charge < -0.3 is 9.64 Å². The first-order valence-corrected chi connectivity index (χ1v) is 10.9. The van der Waals surface area contributed by atoms with Gasteiger partial charge in [-0.2, -0.15) is 18.4 Å². The van der Waals surface area contributed by atoms with Gasteiger partial charge in [-0.1, -0.05) is 42.5 Å². The average molecular weight is 481 g/mol. The molecule has 0 radical (unpaired) electrons. The van der Waals surface area contributed by atoms with Gasteiger partial charge >= 0.3 is 12.3 Å². The van der Waals surface area contributed by atoms with E-state index in [1.807, 2.05) is 18.2 Å². The zero-order valence-corrected chi connectivity index (χ0v) is 18.1. The summed E-state index contributed by atoms with van der Waals surface area (Å²) in [6.07, 6.45) is -2.03. The van der Waals surface area contributed by atoms with E-state index in [-0.39, 0.29) is 18.8 Å². The molecule has 3 aliphatic heterocycles. The van der Waals surface area contributed by atoms with Crippen molar-refractivity contribution in [2.45, 2.75) is 18.8 Å². The van der Waals surface area contributed by atoms with Gasteiger partial charge in [-0.15, -0.1) is 0 Å². The van der Waals surface area contributed by atoms with Crippen molar-refractivity contribution in [1.29, 1.82) is 5.26 Å². The number of anilines is 1. The lowest BCUT2D eigenvalue weighted by Crippen LogP contribution is -2.58. The van der Waals surface area contributed by atoms with E-state index in [9.17, 15) is 27.6 Å². The molecule has 0 N–H and O–H groups in total. The molecule has 3 amide bonds. The Labute approximate surface area is 198 Å². The molecule has 10 heteroatoms. The van der Waals surface area contributed by atoms with Gasteiger partial charge in [0, 0.05) is 12.5 Å². The highest BCUT2D eigenvalue weighted by molar-refractivity contribution is 6.23. The molecule has 2 fully saturated rings. The number of carbonyl (C=O) groups excluding carboxylic acids is 3. The highest BCUT2D eigenvalue weighted by atomic mass is 19.4. The lowest BCUT2D eigenvalue weighted by atomic mass is 9.70. The Morgan fingerprint density at radius 3 is 2.46 bits per heavy atom. The van der Waals surface area contributed by atoms with Crippen molar-refractivity contribution in [3.05, 3.63) is 77.4 Å². The maximum Gasteiger partial charge on any atom is 0.417 e. The normalized spacial score (nSPS) is 25.0. The first kappa shape index (κ1) is 22.7. The average Bonchev–Trinajstić information content (AvgIpc) is 3.14. The number of nitriles is 1. The van der Waals surface area contributed by atoms with Crippen molar-refractivity contribution in [2.75, 3.05) is 11.4 Å². The first-order chi connectivity index (χ1) is 16.7. The number of alkyl halides is 3. The summed E-state index contributed by atoms with van der Waals surface area (Å²) in [4.78, 5) is 41.5. The number of hydrogen-bond donors (Lipinski definition) is 0. The highest BCUT2D eigenvalue weighted by Crippen LogP contribution is 2.47. The van der Waals surface area contributed by atoms with Crippen LogP contribution >= 0.6 is 0 Å². The number of nitrogens with zero attached hydrogens (tertiary/aromatic N) is 3. The van der Waals surface area contributed by atoms with Gasteiger partial charge in [-0.25, -0.2) is 9.69 Å². The fraction of sp³-hybridized carbons (Fsp3) is 0.280. The van der Waals surface area contributed by atoms with Crippen LogP contribution in [0.2, 0.25) is 0 Å². The fourth-order valence-electron chi connectivity index (χ4n) is 5.10. The van der Waals surface area contributed by atoms with E-state index in [4.69, 9.17) is 10.00 Å². The summed E-state index contributed by atoms with van der Waals surface area (Å²) in [5.41, 5.74) is -1.29. The zero-order valence-electron chi connectivity index (χ0n) is 18.1. The Balaban J connectivity index is 1.41. The quantitative estimate of drug-likeness (QED) is 0.490. The van der Waals surface area contributed by atoms with E-state index in [2.05, 4.69) is 0 Å². The molecule has 2 saturated heterocycles. The van der Waals surface area contributed by atoms with E-state index in [1.54, 1.807) is 24.3 Å². The fourth-order valence-corrected chi connectivity index (χ4v) is 5.10. The van der Waals surface area contributed by atoms with Gasteiger partial charge in [-0.3, -0.25) is 9.59 Å². The number of ether oxygens (including phenoxy) is 1. The van der Waals surface area contributed by atoms with Crippen molar-refractivity contribution in [3.63, 3.8) is 0 Å². The third-order valence-electron chi connectivity index (χ3n) is 6.68. The van der Waals surface area contributed by atoms with Crippen molar-refractivity contribution in [1.82, 2.24) is 4.90 Å². The first-order valence-electron chi connectivity index (χ1n) is 10.9. The lowest BCUT2D eigenvalue weighted by molar-refractivity contribution is -0.138. The third kappa shape index (κ3) is 3.73. The molecule has 2 bridgehead atoms. The Bertz CT molecular complexity index is 1290. The van der Waals surface area contributed by atoms with E-state index in [1.165, 1.54) is 11.0 Å². The summed E-state index contributed by atoms with van der Waals surface area (Å²) in [5, 5.41) is 9.03. The van der Waals surface area contributed by atoms with E-state index < -0.39 is 59.0 Å². The smallest absolute Gasteiger partial charge is 0.417 e. The summed E-state index contributed by atoms with van der Waals surface area (Å²) in [7, 11) is 0. The molecule has 4 aliphatic rings. The van der Waals surface area contributed by atoms with Gasteiger partial charge in [-0.05, 0) is 23.8 Å². The molecule has 0 aromatic heterocycles. The SMILES string of the molecule is N#Cc1ccc(N2C(=O)[C@@H]3[C@H](C2=O)[C@@H]2C=C[C@H]3CN2C(=O)OCc2ccccc2)cc1C(F)(F)F. The van der Waals surface area contributed by atoms with Crippen molar-refractivity contribution in [2.24, 2.45) is 17.8 Å². The van der Waals surface area contributed by atoms with Crippen molar-refractivity contribution < 1.29 is 32.3 Å². The van der Waals surface area contributed by atoms with E-state index in [0.29, 0.717) is 6.07 Å². The predicted molar refractivity (Wildman–Crippen MR) is 115 cm³/mol. The molecule has 4 atom stereocenters.